The molecule has 1 heterocycles. The highest BCUT2D eigenvalue weighted by Crippen LogP contribution is 2.00. The van der Waals surface area contributed by atoms with Gasteiger partial charge in [-0.05, 0) is 26.3 Å². The molecule has 5 nitrogen and oxygen atoms in total. The summed E-state index contributed by atoms with van der Waals surface area (Å²) in [6, 6.07) is 1.35. The van der Waals surface area contributed by atoms with Crippen molar-refractivity contribution in [3.63, 3.8) is 0 Å². The minimum Gasteiger partial charge on any atom is -0.465 e. The van der Waals surface area contributed by atoms with E-state index in [-0.39, 0.29) is 5.97 Å². The highest BCUT2D eigenvalue weighted by Gasteiger charge is 2.14. The van der Waals surface area contributed by atoms with Crippen LogP contribution in [0.5, 0.6) is 0 Å². The Morgan fingerprint density at radius 1 is 1.73 bits per heavy atom. The number of hydrogen-bond acceptors (Lipinski definition) is 4. The summed E-state index contributed by atoms with van der Waals surface area (Å²) in [7, 11) is 0. The van der Waals surface area contributed by atoms with Crippen molar-refractivity contribution in [2.24, 2.45) is 5.73 Å². The van der Waals surface area contributed by atoms with Gasteiger partial charge in [0.2, 0.25) is 0 Å². The van der Waals surface area contributed by atoms with Gasteiger partial charge >= 0.3 is 5.97 Å². The molecule has 1 atom stereocenters. The van der Waals surface area contributed by atoms with Gasteiger partial charge in [-0.3, -0.25) is 9.48 Å². The summed E-state index contributed by atoms with van der Waals surface area (Å²) in [5.41, 5.74) is 6.72. The molecule has 1 aromatic heterocycles. The molecule has 0 saturated carbocycles. The standard InChI is InChI=1S/C10H17N3O2/c1-3-15-10(14)9(11)5-7-13-8(2)4-6-12-13/h4,6,9H,3,5,7,11H2,1-2H3. The van der Waals surface area contributed by atoms with Gasteiger partial charge < -0.3 is 10.5 Å². The number of carbonyl (C=O) groups excluding carboxylic acids is 1. The van der Waals surface area contributed by atoms with E-state index in [1.807, 2.05) is 17.7 Å². The van der Waals surface area contributed by atoms with Gasteiger partial charge in [-0.1, -0.05) is 0 Å². The molecular formula is C10H17N3O2. The van der Waals surface area contributed by atoms with Crippen molar-refractivity contribution in [3.8, 4) is 0 Å². The van der Waals surface area contributed by atoms with Crippen molar-refractivity contribution >= 4 is 5.97 Å². The summed E-state index contributed by atoms with van der Waals surface area (Å²) in [6.07, 6.45) is 2.27. The quantitative estimate of drug-likeness (QED) is 0.719. The van der Waals surface area contributed by atoms with Crippen LogP contribution in [-0.2, 0) is 16.1 Å². The van der Waals surface area contributed by atoms with Crippen LogP contribution in [0.4, 0.5) is 0 Å². The van der Waals surface area contributed by atoms with E-state index in [1.54, 1.807) is 13.1 Å². The Hall–Kier alpha value is -1.36. The minimum atomic E-state index is -0.562. The maximum atomic E-state index is 11.2. The fourth-order valence-corrected chi connectivity index (χ4v) is 1.26. The Balaban J connectivity index is 2.37. The summed E-state index contributed by atoms with van der Waals surface area (Å²) in [5.74, 6) is -0.345. The first-order valence-electron chi connectivity index (χ1n) is 5.05. The molecule has 0 spiro atoms. The molecule has 0 saturated heterocycles. The van der Waals surface area contributed by atoms with E-state index in [1.165, 1.54) is 0 Å². The molecule has 0 aliphatic rings. The zero-order valence-corrected chi connectivity index (χ0v) is 9.14. The van der Waals surface area contributed by atoms with Gasteiger partial charge in [0, 0.05) is 18.4 Å². The summed E-state index contributed by atoms with van der Waals surface area (Å²) in [6.45, 7) is 4.73. The molecular weight excluding hydrogens is 194 g/mol. The first kappa shape index (κ1) is 11.7. The lowest BCUT2D eigenvalue weighted by atomic mass is 10.2. The zero-order chi connectivity index (χ0) is 11.3. The van der Waals surface area contributed by atoms with Crippen LogP contribution in [0.1, 0.15) is 19.0 Å². The molecule has 1 rings (SSSR count). The Morgan fingerprint density at radius 2 is 2.47 bits per heavy atom. The number of nitrogens with zero attached hydrogens (tertiary/aromatic N) is 2. The highest BCUT2D eigenvalue weighted by atomic mass is 16.5. The predicted octanol–water partition coefficient (Wildman–Crippen LogP) is 0.472. The van der Waals surface area contributed by atoms with Gasteiger partial charge in [-0.2, -0.15) is 5.10 Å². The van der Waals surface area contributed by atoms with Gasteiger partial charge in [0.05, 0.1) is 6.61 Å². The van der Waals surface area contributed by atoms with Crippen LogP contribution >= 0.6 is 0 Å². The van der Waals surface area contributed by atoms with Gasteiger partial charge in [-0.25, -0.2) is 0 Å². The largest absolute Gasteiger partial charge is 0.465 e. The number of aryl methyl sites for hydroxylation is 2. The molecule has 0 aromatic carbocycles. The maximum Gasteiger partial charge on any atom is 0.322 e. The van der Waals surface area contributed by atoms with E-state index in [4.69, 9.17) is 10.5 Å². The molecule has 2 N–H and O–H groups in total. The molecule has 1 aromatic rings. The molecule has 84 valence electrons. The van der Waals surface area contributed by atoms with Crippen molar-refractivity contribution in [1.82, 2.24) is 9.78 Å². The van der Waals surface area contributed by atoms with E-state index < -0.39 is 6.04 Å². The van der Waals surface area contributed by atoms with E-state index in [0.717, 1.165) is 5.69 Å². The van der Waals surface area contributed by atoms with Crippen LogP contribution < -0.4 is 5.73 Å². The second kappa shape index (κ2) is 5.50. The Bertz CT molecular complexity index is 322. The molecule has 0 bridgehead atoms. The SMILES string of the molecule is CCOC(=O)C(N)CCn1nccc1C. The predicted molar refractivity (Wildman–Crippen MR) is 56.2 cm³/mol. The Morgan fingerprint density at radius 3 is 3.00 bits per heavy atom. The fourth-order valence-electron chi connectivity index (χ4n) is 1.26. The van der Waals surface area contributed by atoms with Crippen LogP contribution in [0.2, 0.25) is 0 Å². The van der Waals surface area contributed by atoms with Crippen LogP contribution in [-0.4, -0.2) is 28.4 Å². The second-order valence-electron chi connectivity index (χ2n) is 3.34. The zero-order valence-electron chi connectivity index (χ0n) is 9.14. The summed E-state index contributed by atoms with van der Waals surface area (Å²) in [4.78, 5) is 11.2. The van der Waals surface area contributed by atoms with E-state index in [9.17, 15) is 4.79 Å². The van der Waals surface area contributed by atoms with Gasteiger partial charge in [-0.15, -0.1) is 0 Å². The molecule has 5 heteroatoms. The average molecular weight is 211 g/mol. The Labute approximate surface area is 89.2 Å². The van der Waals surface area contributed by atoms with Gasteiger partial charge in [0.15, 0.2) is 0 Å². The molecule has 0 aliphatic carbocycles. The monoisotopic (exact) mass is 211 g/mol. The first-order chi connectivity index (χ1) is 7.15. The maximum absolute atomic E-state index is 11.2. The minimum absolute atomic E-state index is 0.345. The summed E-state index contributed by atoms with van der Waals surface area (Å²) >= 11 is 0. The smallest absolute Gasteiger partial charge is 0.322 e. The first-order valence-corrected chi connectivity index (χ1v) is 5.05. The summed E-state index contributed by atoms with van der Waals surface area (Å²) in [5, 5.41) is 4.10. The molecule has 1 unspecified atom stereocenters. The lowest BCUT2D eigenvalue weighted by Crippen LogP contribution is -2.33. The van der Waals surface area contributed by atoms with E-state index in [0.29, 0.717) is 19.6 Å². The average Bonchev–Trinajstić information content (AvgIpc) is 2.61. The molecule has 0 aliphatic heterocycles. The second-order valence-corrected chi connectivity index (χ2v) is 3.34. The summed E-state index contributed by atoms with van der Waals surface area (Å²) < 4.78 is 6.63. The normalized spacial score (nSPS) is 12.5. The van der Waals surface area contributed by atoms with Crippen LogP contribution in [0.15, 0.2) is 12.3 Å². The van der Waals surface area contributed by atoms with Crippen molar-refractivity contribution < 1.29 is 9.53 Å². The van der Waals surface area contributed by atoms with Crippen LogP contribution in [0.25, 0.3) is 0 Å². The van der Waals surface area contributed by atoms with Gasteiger partial charge in [0.25, 0.3) is 0 Å². The fraction of sp³-hybridized carbons (Fsp3) is 0.600. The number of rotatable bonds is 5. The molecule has 0 amide bonds. The van der Waals surface area contributed by atoms with E-state index in [2.05, 4.69) is 5.10 Å². The molecule has 0 fully saturated rings. The number of nitrogens with two attached hydrogens (primary N) is 1. The number of carbonyl (C=O) groups is 1. The third-order valence-corrected chi connectivity index (χ3v) is 2.17. The molecule has 15 heavy (non-hydrogen) atoms. The third kappa shape index (κ3) is 3.36. The molecule has 0 radical (unpaired) electrons. The topological polar surface area (TPSA) is 70.1 Å². The lowest BCUT2D eigenvalue weighted by molar-refractivity contribution is -0.144. The van der Waals surface area contributed by atoms with Crippen molar-refractivity contribution in [2.75, 3.05) is 6.61 Å². The lowest BCUT2D eigenvalue weighted by Gasteiger charge is -2.10. The van der Waals surface area contributed by atoms with Crippen LogP contribution in [0.3, 0.4) is 0 Å². The van der Waals surface area contributed by atoms with Crippen LogP contribution in [0, 0.1) is 6.92 Å². The van der Waals surface area contributed by atoms with Crippen molar-refractivity contribution in [2.45, 2.75) is 32.9 Å². The highest BCUT2D eigenvalue weighted by molar-refractivity contribution is 5.75. The number of aromatic nitrogens is 2. The van der Waals surface area contributed by atoms with Crippen molar-refractivity contribution in [3.05, 3.63) is 18.0 Å². The number of ether oxygens (including phenoxy) is 1. The third-order valence-electron chi connectivity index (χ3n) is 2.17. The van der Waals surface area contributed by atoms with E-state index >= 15 is 0 Å². The number of hydrogen-bond donors (Lipinski definition) is 1. The number of esters is 1. The Kier molecular flexibility index (Phi) is 4.30. The van der Waals surface area contributed by atoms with Gasteiger partial charge in [0.1, 0.15) is 6.04 Å². The van der Waals surface area contributed by atoms with Crippen molar-refractivity contribution in [1.29, 1.82) is 0 Å².